The summed E-state index contributed by atoms with van der Waals surface area (Å²) in [4.78, 5) is 16.6. The van der Waals surface area contributed by atoms with Crippen molar-refractivity contribution in [2.45, 2.75) is 13.8 Å². The van der Waals surface area contributed by atoms with Crippen LogP contribution in [0, 0.1) is 12.8 Å². The van der Waals surface area contributed by atoms with Gasteiger partial charge < -0.3 is 10.0 Å². The second-order valence-corrected chi connectivity index (χ2v) is 4.26. The zero-order chi connectivity index (χ0) is 12.3. The number of aromatic nitrogens is 1. The summed E-state index contributed by atoms with van der Waals surface area (Å²) in [6, 6.07) is 1.82. The van der Waals surface area contributed by atoms with Crippen LogP contribution in [0.4, 0.5) is 5.82 Å². The van der Waals surface area contributed by atoms with Gasteiger partial charge in [0.05, 0.1) is 10.9 Å². The maximum absolute atomic E-state index is 10.7. The van der Waals surface area contributed by atoms with Crippen LogP contribution in [-0.2, 0) is 4.79 Å². The number of hydrogen-bond acceptors (Lipinski definition) is 3. The van der Waals surface area contributed by atoms with Crippen molar-refractivity contribution in [1.82, 2.24) is 4.98 Å². The zero-order valence-corrected chi connectivity index (χ0v) is 10.3. The molecule has 0 aliphatic heterocycles. The molecule has 0 aromatic carbocycles. The summed E-state index contributed by atoms with van der Waals surface area (Å²) in [6.45, 7) is 3.93. The molecular formula is C11H15ClN2O2. The Morgan fingerprint density at radius 2 is 2.31 bits per heavy atom. The molecule has 1 heterocycles. The molecule has 0 saturated heterocycles. The van der Waals surface area contributed by atoms with Crippen LogP contribution in [0.3, 0.4) is 0 Å². The number of nitrogens with zero attached hydrogens (tertiary/aromatic N) is 2. The van der Waals surface area contributed by atoms with E-state index in [1.165, 1.54) is 0 Å². The Balaban J connectivity index is 2.84. The number of carbonyl (C=O) groups is 1. The Kier molecular flexibility index (Phi) is 4.12. The van der Waals surface area contributed by atoms with E-state index in [4.69, 9.17) is 16.7 Å². The Morgan fingerprint density at radius 1 is 1.69 bits per heavy atom. The molecule has 0 radical (unpaired) electrons. The lowest BCUT2D eigenvalue weighted by Gasteiger charge is -2.21. The van der Waals surface area contributed by atoms with Crippen molar-refractivity contribution in [3.8, 4) is 0 Å². The first-order valence-electron chi connectivity index (χ1n) is 4.98. The van der Waals surface area contributed by atoms with Crippen molar-refractivity contribution in [3.63, 3.8) is 0 Å². The Labute approximate surface area is 99.9 Å². The van der Waals surface area contributed by atoms with Gasteiger partial charge in [0, 0.05) is 19.8 Å². The molecule has 4 nitrogen and oxygen atoms in total. The minimum absolute atomic E-state index is 0.380. The second kappa shape index (κ2) is 5.16. The molecule has 0 amide bonds. The van der Waals surface area contributed by atoms with E-state index < -0.39 is 11.9 Å². The van der Waals surface area contributed by atoms with Crippen LogP contribution in [-0.4, -0.2) is 29.7 Å². The van der Waals surface area contributed by atoms with Gasteiger partial charge in [-0.3, -0.25) is 4.79 Å². The van der Waals surface area contributed by atoms with E-state index in [0.29, 0.717) is 17.4 Å². The molecule has 16 heavy (non-hydrogen) atoms. The fourth-order valence-electron chi connectivity index (χ4n) is 1.37. The number of halogens is 1. The number of anilines is 1. The van der Waals surface area contributed by atoms with Crippen molar-refractivity contribution in [2.75, 3.05) is 18.5 Å². The molecule has 1 aromatic heterocycles. The molecule has 0 aliphatic carbocycles. The van der Waals surface area contributed by atoms with Crippen LogP contribution in [0.2, 0.25) is 5.02 Å². The van der Waals surface area contributed by atoms with Crippen LogP contribution in [0.5, 0.6) is 0 Å². The number of aryl methyl sites for hydroxylation is 1. The van der Waals surface area contributed by atoms with Crippen LogP contribution >= 0.6 is 11.6 Å². The zero-order valence-electron chi connectivity index (χ0n) is 9.57. The molecule has 1 atom stereocenters. The van der Waals surface area contributed by atoms with E-state index >= 15 is 0 Å². The van der Waals surface area contributed by atoms with Crippen LogP contribution in [0.25, 0.3) is 0 Å². The van der Waals surface area contributed by atoms with Gasteiger partial charge in [-0.1, -0.05) is 18.5 Å². The number of carboxylic acid groups (broad SMARTS) is 1. The molecule has 1 rings (SSSR count). The van der Waals surface area contributed by atoms with Crippen molar-refractivity contribution < 1.29 is 9.90 Å². The Morgan fingerprint density at radius 3 is 2.88 bits per heavy atom. The fourth-order valence-corrected chi connectivity index (χ4v) is 1.62. The summed E-state index contributed by atoms with van der Waals surface area (Å²) >= 11 is 6.10. The summed E-state index contributed by atoms with van der Waals surface area (Å²) < 4.78 is 0. The average molecular weight is 243 g/mol. The van der Waals surface area contributed by atoms with Gasteiger partial charge in [0.2, 0.25) is 0 Å². The van der Waals surface area contributed by atoms with E-state index in [0.717, 1.165) is 5.56 Å². The van der Waals surface area contributed by atoms with Crippen molar-refractivity contribution in [2.24, 2.45) is 5.92 Å². The van der Waals surface area contributed by atoms with Gasteiger partial charge in [-0.2, -0.15) is 0 Å². The number of carboxylic acids is 1. The lowest BCUT2D eigenvalue weighted by molar-refractivity contribution is -0.140. The molecule has 1 aromatic rings. The van der Waals surface area contributed by atoms with Gasteiger partial charge >= 0.3 is 5.97 Å². The van der Waals surface area contributed by atoms with E-state index in [1.54, 1.807) is 25.1 Å². The summed E-state index contributed by atoms with van der Waals surface area (Å²) in [5.74, 6) is -0.659. The van der Waals surface area contributed by atoms with Gasteiger partial charge in [0.15, 0.2) is 0 Å². The summed E-state index contributed by atoms with van der Waals surface area (Å²) in [5, 5.41) is 9.39. The third kappa shape index (κ3) is 2.85. The molecule has 0 fully saturated rings. The quantitative estimate of drug-likeness (QED) is 0.880. The van der Waals surface area contributed by atoms with Gasteiger partial charge in [-0.15, -0.1) is 0 Å². The van der Waals surface area contributed by atoms with Crippen LogP contribution < -0.4 is 4.90 Å². The maximum Gasteiger partial charge on any atom is 0.308 e. The molecule has 0 spiro atoms. The minimum Gasteiger partial charge on any atom is -0.481 e. The number of rotatable bonds is 4. The molecule has 5 heteroatoms. The van der Waals surface area contributed by atoms with Gasteiger partial charge in [0.1, 0.15) is 5.82 Å². The van der Waals surface area contributed by atoms with Crippen molar-refractivity contribution >= 4 is 23.4 Å². The predicted molar refractivity (Wildman–Crippen MR) is 64.1 cm³/mol. The lowest BCUT2D eigenvalue weighted by Crippen LogP contribution is -2.29. The van der Waals surface area contributed by atoms with Crippen molar-refractivity contribution in [1.29, 1.82) is 0 Å². The summed E-state index contributed by atoms with van der Waals surface area (Å²) in [6.07, 6.45) is 1.67. The smallest absolute Gasteiger partial charge is 0.308 e. The molecule has 88 valence electrons. The lowest BCUT2D eigenvalue weighted by atomic mass is 10.2. The Hall–Kier alpha value is -1.29. The number of pyridine rings is 1. The predicted octanol–water partition coefficient (Wildman–Crippen LogP) is 2.20. The fraction of sp³-hybridized carbons (Fsp3) is 0.455. The SMILES string of the molecule is Cc1ccnc(N(C)CC(C)C(=O)O)c1Cl. The van der Waals surface area contributed by atoms with Gasteiger partial charge in [-0.25, -0.2) is 4.98 Å². The molecular weight excluding hydrogens is 228 g/mol. The van der Waals surface area contributed by atoms with E-state index in [9.17, 15) is 4.79 Å². The highest BCUT2D eigenvalue weighted by Crippen LogP contribution is 2.25. The first kappa shape index (κ1) is 12.8. The number of hydrogen-bond donors (Lipinski definition) is 1. The average Bonchev–Trinajstić information content (AvgIpc) is 2.21. The molecule has 1 N–H and O–H groups in total. The third-order valence-corrected chi connectivity index (χ3v) is 2.86. The topological polar surface area (TPSA) is 53.4 Å². The summed E-state index contributed by atoms with van der Waals surface area (Å²) in [7, 11) is 1.78. The molecule has 0 bridgehead atoms. The highest BCUT2D eigenvalue weighted by Gasteiger charge is 2.16. The van der Waals surface area contributed by atoms with Gasteiger partial charge in [0.25, 0.3) is 0 Å². The first-order chi connectivity index (χ1) is 7.43. The number of aliphatic carboxylic acids is 1. The molecule has 0 aliphatic rings. The molecule has 0 saturated carbocycles. The van der Waals surface area contributed by atoms with Crippen LogP contribution in [0.15, 0.2) is 12.3 Å². The largest absolute Gasteiger partial charge is 0.481 e. The normalized spacial score (nSPS) is 12.2. The van der Waals surface area contributed by atoms with Crippen molar-refractivity contribution in [3.05, 3.63) is 22.8 Å². The highest BCUT2D eigenvalue weighted by molar-refractivity contribution is 6.33. The standard InChI is InChI=1S/C11H15ClN2O2/c1-7-4-5-13-10(9(7)12)14(3)6-8(2)11(15)16/h4-5,8H,6H2,1-3H3,(H,15,16). The van der Waals surface area contributed by atoms with E-state index in [-0.39, 0.29) is 0 Å². The monoisotopic (exact) mass is 242 g/mol. The third-order valence-electron chi connectivity index (χ3n) is 2.39. The van der Waals surface area contributed by atoms with Crippen LogP contribution in [0.1, 0.15) is 12.5 Å². The maximum atomic E-state index is 10.7. The van der Waals surface area contributed by atoms with E-state index in [2.05, 4.69) is 4.98 Å². The minimum atomic E-state index is -0.823. The second-order valence-electron chi connectivity index (χ2n) is 3.89. The van der Waals surface area contributed by atoms with Gasteiger partial charge in [-0.05, 0) is 18.6 Å². The van der Waals surface area contributed by atoms with E-state index in [1.807, 2.05) is 13.0 Å². The summed E-state index contributed by atoms with van der Waals surface area (Å²) in [5.41, 5.74) is 0.932. The molecule has 1 unspecified atom stereocenters. The first-order valence-corrected chi connectivity index (χ1v) is 5.36. The Bertz CT molecular complexity index is 396. The highest BCUT2D eigenvalue weighted by atomic mass is 35.5.